The van der Waals surface area contributed by atoms with Crippen molar-refractivity contribution in [2.45, 2.75) is 18.7 Å². The van der Waals surface area contributed by atoms with Crippen LogP contribution in [0.5, 0.6) is 11.5 Å². The first-order chi connectivity index (χ1) is 8.31. The van der Waals surface area contributed by atoms with Gasteiger partial charge in [0.25, 0.3) is 0 Å². The molecule has 0 saturated heterocycles. The van der Waals surface area contributed by atoms with Gasteiger partial charge in [-0.3, -0.25) is 0 Å². The molecule has 0 N–H and O–H groups in total. The first-order valence-corrected chi connectivity index (χ1v) is 6.87. The second-order valence-corrected chi connectivity index (χ2v) is 4.15. The Kier molecular flexibility index (Phi) is 7.05. The number of alkyl halides is 1. The minimum absolute atomic E-state index is 0.549. The fourth-order valence-electron chi connectivity index (χ4n) is 1.32. The molecule has 0 saturated carbocycles. The summed E-state index contributed by atoms with van der Waals surface area (Å²) in [6.07, 6.45) is 1.00. The Morgan fingerprint density at radius 2 is 1.94 bits per heavy atom. The van der Waals surface area contributed by atoms with Gasteiger partial charge in [0, 0.05) is 24.1 Å². The third kappa shape index (κ3) is 4.96. The van der Waals surface area contributed by atoms with Gasteiger partial charge in [-0.15, -0.1) is 0 Å². The van der Waals surface area contributed by atoms with Crippen LogP contribution in [-0.2, 0) is 10.1 Å². The summed E-state index contributed by atoms with van der Waals surface area (Å²) in [4.78, 5) is 0. The minimum Gasteiger partial charge on any atom is -0.493 e. The molecule has 17 heavy (non-hydrogen) atoms. The summed E-state index contributed by atoms with van der Waals surface area (Å²) in [5.74, 6) is 1.71. The van der Waals surface area contributed by atoms with Gasteiger partial charge in [0.15, 0.2) is 0 Å². The molecule has 0 aliphatic carbocycles. The Hall–Kier alpha value is -0.740. The van der Waals surface area contributed by atoms with Crippen LogP contribution in [0.15, 0.2) is 18.2 Å². The zero-order valence-corrected chi connectivity index (χ0v) is 12.0. The number of halogens is 1. The predicted molar refractivity (Wildman–Crippen MR) is 72.2 cm³/mol. The van der Waals surface area contributed by atoms with Gasteiger partial charge in [0.1, 0.15) is 18.1 Å². The number of ether oxygens (including phenoxy) is 3. The molecule has 1 aromatic rings. The smallest absolute Gasteiger partial charge is 0.127 e. The van der Waals surface area contributed by atoms with E-state index in [2.05, 4.69) is 22.9 Å². The molecule has 0 spiro atoms. The Balaban J connectivity index is 2.68. The van der Waals surface area contributed by atoms with Crippen molar-refractivity contribution in [3.8, 4) is 11.5 Å². The van der Waals surface area contributed by atoms with Crippen LogP contribution >= 0.6 is 15.9 Å². The summed E-state index contributed by atoms with van der Waals surface area (Å²) >= 11 is 3.44. The highest BCUT2D eigenvalue weighted by molar-refractivity contribution is 9.08. The van der Waals surface area contributed by atoms with Crippen molar-refractivity contribution in [2.75, 3.05) is 26.9 Å². The van der Waals surface area contributed by atoms with E-state index in [0.29, 0.717) is 13.2 Å². The third-order valence-corrected chi connectivity index (χ3v) is 2.80. The largest absolute Gasteiger partial charge is 0.493 e. The quantitative estimate of drug-likeness (QED) is 0.544. The molecule has 0 heterocycles. The maximum atomic E-state index is 5.65. The summed E-state index contributed by atoms with van der Waals surface area (Å²) in [6.45, 7) is 3.95. The van der Waals surface area contributed by atoms with Crippen LogP contribution in [0, 0.1) is 0 Å². The van der Waals surface area contributed by atoms with E-state index in [1.165, 1.54) is 0 Å². The Morgan fingerprint density at radius 3 is 2.59 bits per heavy atom. The molecule has 0 unspecified atom stereocenters. The number of rotatable bonds is 8. The van der Waals surface area contributed by atoms with Gasteiger partial charge in [-0.2, -0.15) is 0 Å². The van der Waals surface area contributed by atoms with Crippen LogP contribution in [0.2, 0.25) is 0 Å². The number of hydrogen-bond acceptors (Lipinski definition) is 3. The highest BCUT2D eigenvalue weighted by atomic mass is 79.9. The SMILES string of the molecule is CCCOc1ccc(CBr)c(OCCOC)c1. The first kappa shape index (κ1) is 14.3. The molecule has 0 aliphatic heterocycles. The molecular weight excluding hydrogens is 284 g/mol. The monoisotopic (exact) mass is 302 g/mol. The van der Waals surface area contributed by atoms with Crippen molar-refractivity contribution < 1.29 is 14.2 Å². The molecule has 0 aromatic heterocycles. The van der Waals surface area contributed by atoms with Gasteiger partial charge in [-0.05, 0) is 12.5 Å². The van der Waals surface area contributed by atoms with Gasteiger partial charge < -0.3 is 14.2 Å². The van der Waals surface area contributed by atoms with Gasteiger partial charge in [-0.1, -0.05) is 28.9 Å². The van der Waals surface area contributed by atoms with Crippen molar-refractivity contribution >= 4 is 15.9 Å². The summed E-state index contributed by atoms with van der Waals surface area (Å²) in [5, 5.41) is 0.767. The molecule has 1 rings (SSSR count). The molecule has 0 atom stereocenters. The van der Waals surface area contributed by atoms with Crippen LogP contribution in [0.4, 0.5) is 0 Å². The highest BCUT2D eigenvalue weighted by Gasteiger charge is 2.05. The van der Waals surface area contributed by atoms with E-state index < -0.39 is 0 Å². The lowest BCUT2D eigenvalue weighted by Crippen LogP contribution is -2.06. The van der Waals surface area contributed by atoms with Gasteiger partial charge in [0.2, 0.25) is 0 Å². The summed E-state index contributed by atoms with van der Waals surface area (Å²) < 4.78 is 16.2. The maximum absolute atomic E-state index is 5.65. The number of methoxy groups -OCH3 is 1. The van der Waals surface area contributed by atoms with E-state index in [-0.39, 0.29) is 0 Å². The molecular formula is C13H19BrO3. The van der Waals surface area contributed by atoms with Crippen molar-refractivity contribution in [3.05, 3.63) is 23.8 Å². The van der Waals surface area contributed by atoms with Gasteiger partial charge >= 0.3 is 0 Å². The Bertz CT molecular complexity index is 328. The zero-order valence-electron chi connectivity index (χ0n) is 10.4. The fraction of sp³-hybridized carbons (Fsp3) is 0.538. The summed E-state index contributed by atoms with van der Waals surface area (Å²) in [7, 11) is 1.66. The zero-order chi connectivity index (χ0) is 12.5. The Morgan fingerprint density at radius 1 is 1.12 bits per heavy atom. The van der Waals surface area contributed by atoms with E-state index in [9.17, 15) is 0 Å². The standard InChI is InChI=1S/C13H19BrO3/c1-3-6-16-12-5-4-11(10-14)13(9-12)17-8-7-15-2/h4-5,9H,3,6-8,10H2,1-2H3. The molecule has 1 aromatic carbocycles. The van der Waals surface area contributed by atoms with Gasteiger partial charge in [0.05, 0.1) is 13.2 Å². The lowest BCUT2D eigenvalue weighted by Gasteiger charge is -2.12. The molecule has 0 aliphatic rings. The number of hydrogen-bond donors (Lipinski definition) is 0. The molecule has 0 amide bonds. The second kappa shape index (κ2) is 8.37. The van der Waals surface area contributed by atoms with Crippen LogP contribution < -0.4 is 9.47 Å². The van der Waals surface area contributed by atoms with Crippen molar-refractivity contribution in [3.63, 3.8) is 0 Å². The first-order valence-electron chi connectivity index (χ1n) is 5.75. The second-order valence-electron chi connectivity index (χ2n) is 3.59. The van der Waals surface area contributed by atoms with E-state index in [0.717, 1.165) is 35.4 Å². The normalized spacial score (nSPS) is 10.3. The lowest BCUT2D eigenvalue weighted by atomic mass is 10.2. The summed E-state index contributed by atoms with van der Waals surface area (Å²) in [5.41, 5.74) is 1.12. The topological polar surface area (TPSA) is 27.7 Å². The molecule has 0 fully saturated rings. The fourth-order valence-corrected chi connectivity index (χ4v) is 1.79. The molecule has 0 bridgehead atoms. The molecule has 0 radical (unpaired) electrons. The van der Waals surface area contributed by atoms with Crippen molar-refractivity contribution in [2.24, 2.45) is 0 Å². The predicted octanol–water partition coefficient (Wildman–Crippen LogP) is 3.40. The Labute approximate surface area is 111 Å². The van der Waals surface area contributed by atoms with Gasteiger partial charge in [-0.25, -0.2) is 0 Å². The third-order valence-electron chi connectivity index (χ3n) is 2.20. The molecule has 4 heteroatoms. The van der Waals surface area contributed by atoms with E-state index in [4.69, 9.17) is 14.2 Å². The van der Waals surface area contributed by atoms with Crippen LogP contribution in [0.1, 0.15) is 18.9 Å². The molecule has 96 valence electrons. The van der Waals surface area contributed by atoms with Crippen LogP contribution in [0.3, 0.4) is 0 Å². The minimum atomic E-state index is 0.549. The van der Waals surface area contributed by atoms with E-state index in [1.54, 1.807) is 7.11 Å². The van der Waals surface area contributed by atoms with Crippen LogP contribution in [-0.4, -0.2) is 26.9 Å². The van der Waals surface area contributed by atoms with Crippen molar-refractivity contribution in [1.29, 1.82) is 0 Å². The highest BCUT2D eigenvalue weighted by Crippen LogP contribution is 2.26. The van der Waals surface area contributed by atoms with Crippen molar-refractivity contribution in [1.82, 2.24) is 0 Å². The van der Waals surface area contributed by atoms with Crippen LogP contribution in [0.25, 0.3) is 0 Å². The molecule has 3 nitrogen and oxygen atoms in total. The average Bonchev–Trinajstić information content (AvgIpc) is 2.37. The van der Waals surface area contributed by atoms with E-state index in [1.807, 2.05) is 18.2 Å². The maximum Gasteiger partial charge on any atom is 0.127 e. The number of benzene rings is 1. The summed E-state index contributed by atoms with van der Waals surface area (Å²) in [6, 6.07) is 5.92. The lowest BCUT2D eigenvalue weighted by molar-refractivity contribution is 0.145. The average molecular weight is 303 g/mol. The van der Waals surface area contributed by atoms with E-state index >= 15 is 0 Å².